The van der Waals surface area contributed by atoms with Crippen LogP contribution in [0.4, 0.5) is 0 Å². The molecule has 0 radical (unpaired) electrons. The zero-order chi connectivity index (χ0) is 10.0. The van der Waals surface area contributed by atoms with E-state index in [4.69, 9.17) is 23.3 Å². The number of rotatable bonds is 0. The van der Waals surface area contributed by atoms with Crippen LogP contribution in [0.5, 0.6) is 0 Å². The molecule has 0 aliphatic rings. The smallest absolute Gasteiger partial charge is 1.00 e. The van der Waals surface area contributed by atoms with Gasteiger partial charge in [-0.15, -0.1) is 0 Å². The van der Waals surface area contributed by atoms with Crippen molar-refractivity contribution in [1.29, 1.82) is 0 Å². The maximum absolute atomic E-state index is 6.47. The molecule has 74 valence electrons. The van der Waals surface area contributed by atoms with Gasteiger partial charge >= 0.3 is 59.1 Å². The summed E-state index contributed by atoms with van der Waals surface area (Å²) in [7, 11) is 0. The number of hydrogen-bond acceptors (Lipinski definition) is 5. The van der Waals surface area contributed by atoms with Gasteiger partial charge in [0.15, 0.2) is 0 Å². The monoisotopic (exact) mass is 308 g/mol. The Kier molecular flexibility index (Phi) is 898. The molecular weight excluding hydrogens is 303 g/mol. The molecule has 0 unspecified atom stereocenters. The molecule has 0 amide bonds. The molecule has 0 aromatic carbocycles. The van der Waals surface area contributed by atoms with Gasteiger partial charge in [0.05, 0.1) is 59.3 Å². The van der Waals surface area contributed by atoms with E-state index in [1.54, 1.807) is 0 Å². The Hall–Kier alpha value is 3.25. The van der Waals surface area contributed by atoms with Gasteiger partial charge in [0.2, 0.25) is 0 Å². The van der Waals surface area contributed by atoms with Crippen molar-refractivity contribution >= 4 is 59.3 Å². The fourth-order valence-electron chi connectivity index (χ4n) is 0. The summed E-state index contributed by atoms with van der Waals surface area (Å²) in [5.74, 6) is 0. The van der Waals surface area contributed by atoms with Crippen LogP contribution in [0.25, 0.3) is 0 Å². The Bertz CT molecular complexity index is 26.1. The minimum absolute atomic E-state index is 0. The molecule has 0 saturated heterocycles. The molecule has 0 saturated carbocycles. The molecule has 12 heteroatoms. The van der Waals surface area contributed by atoms with Crippen molar-refractivity contribution in [1.82, 2.24) is 0 Å². The third kappa shape index (κ3) is 188. The number of hydrogen-bond donors (Lipinski definition) is 5. The third-order valence-corrected chi connectivity index (χ3v) is 0. The van der Waals surface area contributed by atoms with Crippen molar-refractivity contribution in [3.05, 3.63) is 0 Å². The van der Waals surface area contributed by atoms with Crippen LogP contribution in [-0.2, 0) is 0 Å². The summed E-state index contributed by atoms with van der Waals surface area (Å²) in [4.78, 5) is 0. The zero-order valence-corrected chi connectivity index (χ0v) is 13.9. The van der Waals surface area contributed by atoms with Gasteiger partial charge < -0.3 is 2.85 Å². The topological polar surface area (TPSA) is 101 Å². The molecule has 0 aromatic heterocycles. The van der Waals surface area contributed by atoms with E-state index in [0.717, 1.165) is 0 Å². The summed E-state index contributed by atoms with van der Waals surface area (Å²) >= 11 is 18.2. The van der Waals surface area contributed by atoms with Crippen molar-refractivity contribution < 1.29 is 85.3 Å². The molecule has 0 aromatic rings. The van der Waals surface area contributed by atoms with Crippen LogP contribution < -0.4 is 59.1 Å². The van der Waals surface area contributed by atoms with Crippen LogP contribution in [0.1, 0.15) is 2.85 Å². The predicted octanol–water partition coefficient (Wildman–Crippen LogP) is -5.10. The van der Waals surface area contributed by atoms with E-state index in [-0.39, 0.29) is 62.0 Å². The Balaban J connectivity index is -0.00000000298. The molecule has 5 nitrogen and oxygen atoms in total. The maximum Gasteiger partial charge on any atom is 1.00 e. The van der Waals surface area contributed by atoms with Gasteiger partial charge in [0.25, 0.3) is 0 Å². The molecular formula is H7Cl5Na2O5. The van der Waals surface area contributed by atoms with Gasteiger partial charge in [-0.3, -0.25) is 23.3 Å². The molecule has 0 aliphatic carbocycles. The second-order valence-electron chi connectivity index (χ2n) is 0. The molecule has 0 aliphatic heterocycles. The first-order chi connectivity index (χ1) is 5.00. The van der Waals surface area contributed by atoms with Crippen LogP contribution in [-0.4, -0.2) is 23.3 Å². The fourth-order valence-corrected chi connectivity index (χ4v) is 0. The van der Waals surface area contributed by atoms with Crippen LogP contribution >= 0.6 is 59.3 Å². The Morgan fingerprint density at radius 1 is 0.417 bits per heavy atom. The summed E-state index contributed by atoms with van der Waals surface area (Å²) in [6.45, 7) is 0. The van der Waals surface area contributed by atoms with Gasteiger partial charge in [-0.05, 0) is 0 Å². The predicted molar refractivity (Wildman–Crippen MR) is 42.6 cm³/mol. The number of halogens is 5. The average Bonchev–Trinajstić information content (AvgIpc) is 2.20. The van der Waals surface area contributed by atoms with Crippen LogP contribution in [0.2, 0.25) is 0 Å². The van der Waals surface area contributed by atoms with E-state index >= 15 is 0 Å². The van der Waals surface area contributed by atoms with Gasteiger partial charge in [0, 0.05) is 0 Å². The van der Waals surface area contributed by atoms with Crippen LogP contribution in [0.15, 0.2) is 0 Å². The minimum Gasteiger partial charge on any atom is -1.00 e. The molecule has 0 bridgehead atoms. The summed E-state index contributed by atoms with van der Waals surface area (Å²) in [5, 5.41) is 0. The van der Waals surface area contributed by atoms with Crippen molar-refractivity contribution in [2.24, 2.45) is 0 Å². The Morgan fingerprint density at radius 3 is 0.417 bits per heavy atom. The van der Waals surface area contributed by atoms with Gasteiger partial charge in [-0.25, -0.2) is 0 Å². The molecule has 0 rings (SSSR count). The summed E-state index contributed by atoms with van der Waals surface area (Å²) < 4.78 is 32.4. The van der Waals surface area contributed by atoms with E-state index in [0.29, 0.717) is 0 Å². The Labute approximate surface area is 143 Å². The van der Waals surface area contributed by atoms with E-state index in [1.165, 1.54) is 0 Å². The van der Waals surface area contributed by atoms with Crippen LogP contribution in [0.3, 0.4) is 0 Å². The van der Waals surface area contributed by atoms with E-state index in [2.05, 4.69) is 59.3 Å². The van der Waals surface area contributed by atoms with Crippen molar-refractivity contribution in [3.8, 4) is 0 Å². The summed E-state index contributed by atoms with van der Waals surface area (Å²) in [6, 6.07) is 0. The first-order valence-corrected chi connectivity index (χ1v) is 2.54. The molecule has 0 spiro atoms. The fraction of sp³-hybridized carbons (Fsp3) is 0. The SMILES string of the molecule is OCl.OCl.OCl.OCl.OCl.[H-].[H-].[Na+].[Na+]. The van der Waals surface area contributed by atoms with Gasteiger partial charge in [-0.1, -0.05) is 0 Å². The largest absolute Gasteiger partial charge is 1.00 e. The second kappa shape index (κ2) is 237. The van der Waals surface area contributed by atoms with E-state index in [1.807, 2.05) is 0 Å². The first kappa shape index (κ1) is 45.5. The molecule has 0 heterocycles. The summed E-state index contributed by atoms with van der Waals surface area (Å²) in [5.41, 5.74) is 0. The summed E-state index contributed by atoms with van der Waals surface area (Å²) in [6.07, 6.45) is 0. The first-order valence-electron chi connectivity index (χ1n) is 0.845. The van der Waals surface area contributed by atoms with Crippen molar-refractivity contribution in [2.45, 2.75) is 0 Å². The molecule has 0 atom stereocenters. The maximum atomic E-state index is 6.47. The third-order valence-electron chi connectivity index (χ3n) is 0. The van der Waals surface area contributed by atoms with Gasteiger partial charge in [-0.2, -0.15) is 0 Å². The Morgan fingerprint density at radius 2 is 0.417 bits per heavy atom. The standard InChI is InChI=1S/5ClHO.2Na.2H/c5*1-2;;;;/h5*2H;;;;/q;;;;;2*+1;2*-1. The molecule has 0 fully saturated rings. The van der Waals surface area contributed by atoms with Crippen molar-refractivity contribution in [3.63, 3.8) is 0 Å². The van der Waals surface area contributed by atoms with E-state index in [9.17, 15) is 0 Å². The second-order valence-corrected chi connectivity index (χ2v) is 0. The minimum atomic E-state index is 0. The quantitative estimate of drug-likeness (QED) is 0.288. The van der Waals surface area contributed by atoms with Gasteiger partial charge in [0.1, 0.15) is 0 Å². The molecule has 12 heavy (non-hydrogen) atoms. The molecule has 5 N–H and O–H groups in total. The normalized spacial score (nSPS) is 2.50. The van der Waals surface area contributed by atoms with Crippen LogP contribution in [0, 0.1) is 0 Å². The van der Waals surface area contributed by atoms with E-state index < -0.39 is 0 Å². The zero-order valence-electron chi connectivity index (χ0n) is 8.13. The average molecular weight is 310 g/mol. The van der Waals surface area contributed by atoms with Crippen molar-refractivity contribution in [2.75, 3.05) is 0 Å².